The fourth-order valence-corrected chi connectivity index (χ4v) is 4.42. The monoisotopic (exact) mass is 269 g/mol. The third-order valence-electron chi connectivity index (χ3n) is 3.42. The van der Waals surface area contributed by atoms with Gasteiger partial charge >= 0.3 is 0 Å². The molecule has 6 heteroatoms. The predicted octanol–water partition coefficient (Wildman–Crippen LogP) is 1.10. The molecule has 1 aliphatic heterocycles. The Hall–Kier alpha value is -0.980. The summed E-state index contributed by atoms with van der Waals surface area (Å²) in [5, 5.41) is 0. The van der Waals surface area contributed by atoms with Crippen molar-refractivity contribution in [3.63, 3.8) is 0 Å². The van der Waals surface area contributed by atoms with Gasteiger partial charge in [-0.05, 0) is 31.4 Å². The first-order chi connectivity index (χ1) is 8.61. The maximum absolute atomic E-state index is 12.6. The first-order valence-electron chi connectivity index (χ1n) is 6.27. The Morgan fingerprint density at radius 2 is 2.33 bits per heavy atom. The molecular weight excluding hydrogens is 250 g/mol. The molecule has 2 rings (SSSR count). The van der Waals surface area contributed by atoms with E-state index in [4.69, 9.17) is 5.73 Å². The van der Waals surface area contributed by atoms with Crippen LogP contribution in [-0.2, 0) is 16.6 Å². The number of hydrogen-bond donors (Lipinski definition) is 1. The van der Waals surface area contributed by atoms with Crippen LogP contribution in [0, 0.1) is 0 Å². The molecule has 1 fully saturated rings. The Balaban J connectivity index is 2.42. The van der Waals surface area contributed by atoms with E-state index in [1.54, 1.807) is 22.6 Å². The lowest BCUT2D eigenvalue weighted by Crippen LogP contribution is -2.35. The molecule has 0 saturated carbocycles. The van der Waals surface area contributed by atoms with Gasteiger partial charge in [-0.25, -0.2) is 8.42 Å². The van der Waals surface area contributed by atoms with Crippen molar-refractivity contribution < 1.29 is 8.42 Å². The van der Waals surface area contributed by atoms with Crippen LogP contribution < -0.4 is 5.73 Å². The first-order valence-corrected chi connectivity index (χ1v) is 7.71. The van der Waals surface area contributed by atoms with E-state index in [2.05, 4.69) is 4.98 Å². The second-order valence-corrected chi connectivity index (χ2v) is 6.33. The van der Waals surface area contributed by atoms with E-state index in [-0.39, 0.29) is 17.5 Å². The van der Waals surface area contributed by atoms with Gasteiger partial charge in [0.15, 0.2) is 0 Å². The predicted molar refractivity (Wildman–Crippen MR) is 69.3 cm³/mol. The quantitative estimate of drug-likeness (QED) is 0.888. The molecule has 0 aromatic carbocycles. The number of nitrogens with two attached hydrogens (primary N) is 1. The van der Waals surface area contributed by atoms with Crippen LogP contribution in [0.25, 0.3) is 0 Å². The van der Waals surface area contributed by atoms with Crippen LogP contribution in [0.1, 0.15) is 31.9 Å². The fraction of sp³-hybridized carbons (Fsp3) is 0.583. The average Bonchev–Trinajstić information content (AvgIpc) is 2.87. The van der Waals surface area contributed by atoms with Crippen molar-refractivity contribution in [3.8, 4) is 0 Å². The van der Waals surface area contributed by atoms with Gasteiger partial charge in [-0.15, -0.1) is 0 Å². The van der Waals surface area contributed by atoms with E-state index in [1.807, 2.05) is 6.92 Å². The van der Waals surface area contributed by atoms with E-state index in [0.717, 1.165) is 19.3 Å². The smallest absolute Gasteiger partial charge is 0.245 e. The van der Waals surface area contributed by atoms with E-state index in [1.165, 1.54) is 0 Å². The molecule has 1 aliphatic rings. The van der Waals surface area contributed by atoms with Crippen molar-refractivity contribution in [1.82, 2.24) is 9.29 Å². The van der Waals surface area contributed by atoms with Crippen molar-refractivity contribution in [3.05, 3.63) is 24.0 Å². The number of aromatic nitrogens is 1. The molecule has 1 atom stereocenters. The summed E-state index contributed by atoms with van der Waals surface area (Å²) in [7, 11) is -3.45. The van der Waals surface area contributed by atoms with Crippen molar-refractivity contribution in [2.45, 2.75) is 43.7 Å². The molecule has 1 saturated heterocycles. The Morgan fingerprint density at radius 3 is 3.00 bits per heavy atom. The Morgan fingerprint density at radius 1 is 1.56 bits per heavy atom. The second kappa shape index (κ2) is 5.34. The maximum Gasteiger partial charge on any atom is 0.245 e. The van der Waals surface area contributed by atoms with Gasteiger partial charge < -0.3 is 5.73 Å². The Labute approximate surface area is 108 Å². The molecule has 0 amide bonds. The summed E-state index contributed by atoms with van der Waals surface area (Å²) in [5.74, 6) is 0. The summed E-state index contributed by atoms with van der Waals surface area (Å²) in [6, 6.07) is 3.35. The van der Waals surface area contributed by atoms with Crippen molar-refractivity contribution in [2.24, 2.45) is 5.73 Å². The van der Waals surface area contributed by atoms with Crippen LogP contribution in [0.4, 0.5) is 0 Å². The number of hydrogen-bond acceptors (Lipinski definition) is 4. The molecule has 2 heterocycles. The molecule has 5 nitrogen and oxygen atoms in total. The van der Waals surface area contributed by atoms with Gasteiger partial charge in [-0.1, -0.05) is 6.92 Å². The fourth-order valence-electron chi connectivity index (χ4n) is 2.47. The lowest BCUT2D eigenvalue weighted by atomic mass is 10.2. The molecule has 1 unspecified atom stereocenters. The van der Waals surface area contributed by atoms with E-state index >= 15 is 0 Å². The Kier molecular flexibility index (Phi) is 3.99. The number of sulfonamides is 1. The lowest BCUT2D eigenvalue weighted by molar-refractivity contribution is 0.379. The zero-order valence-corrected chi connectivity index (χ0v) is 11.4. The molecule has 2 N–H and O–H groups in total. The van der Waals surface area contributed by atoms with Crippen LogP contribution in [-0.4, -0.2) is 30.3 Å². The summed E-state index contributed by atoms with van der Waals surface area (Å²) in [6.07, 6.45) is 4.28. The lowest BCUT2D eigenvalue weighted by Gasteiger charge is -2.23. The molecule has 1 aromatic heterocycles. The van der Waals surface area contributed by atoms with Gasteiger partial charge in [0.1, 0.15) is 4.90 Å². The highest BCUT2D eigenvalue weighted by molar-refractivity contribution is 7.89. The van der Waals surface area contributed by atoms with Crippen LogP contribution in [0.15, 0.2) is 23.2 Å². The highest BCUT2D eigenvalue weighted by atomic mass is 32.2. The van der Waals surface area contributed by atoms with Crippen LogP contribution >= 0.6 is 0 Å². The molecule has 0 aliphatic carbocycles. The second-order valence-electron chi connectivity index (χ2n) is 4.47. The van der Waals surface area contributed by atoms with Crippen LogP contribution in [0.5, 0.6) is 0 Å². The zero-order chi connectivity index (χ0) is 13.2. The van der Waals surface area contributed by atoms with E-state index in [0.29, 0.717) is 12.2 Å². The van der Waals surface area contributed by atoms with Crippen LogP contribution in [0.3, 0.4) is 0 Å². The number of nitrogens with zero attached hydrogens (tertiary/aromatic N) is 2. The van der Waals surface area contributed by atoms with Crippen molar-refractivity contribution in [1.29, 1.82) is 0 Å². The minimum Gasteiger partial charge on any atom is -0.325 e. The molecule has 100 valence electrons. The Bertz CT molecular complexity index is 516. The molecule has 0 bridgehead atoms. The molecule has 1 aromatic rings. The van der Waals surface area contributed by atoms with E-state index < -0.39 is 10.0 Å². The van der Waals surface area contributed by atoms with Gasteiger partial charge in [-0.2, -0.15) is 4.31 Å². The van der Waals surface area contributed by atoms with Gasteiger partial charge in [0, 0.05) is 25.3 Å². The minimum absolute atomic E-state index is 0.112. The third kappa shape index (κ3) is 2.28. The summed E-state index contributed by atoms with van der Waals surface area (Å²) in [5.41, 5.74) is 6.01. The SMILES string of the molecule is CCC1CCCN1S(=O)(=O)c1cccnc1CN. The summed E-state index contributed by atoms with van der Waals surface area (Å²) >= 11 is 0. The molecule has 0 spiro atoms. The summed E-state index contributed by atoms with van der Waals surface area (Å²) in [4.78, 5) is 4.31. The van der Waals surface area contributed by atoms with Crippen LogP contribution in [0.2, 0.25) is 0 Å². The minimum atomic E-state index is -3.45. The number of pyridine rings is 1. The maximum atomic E-state index is 12.6. The topological polar surface area (TPSA) is 76.3 Å². The van der Waals surface area contributed by atoms with Crippen molar-refractivity contribution in [2.75, 3.05) is 6.54 Å². The van der Waals surface area contributed by atoms with Crippen molar-refractivity contribution >= 4 is 10.0 Å². The molecular formula is C12H19N3O2S. The summed E-state index contributed by atoms with van der Waals surface area (Å²) in [6.45, 7) is 2.76. The highest BCUT2D eigenvalue weighted by Gasteiger charge is 2.35. The standard InChI is InChI=1S/C12H19N3O2S/c1-2-10-5-4-8-15(10)18(16,17)12-6-3-7-14-11(12)9-13/h3,6-7,10H,2,4-5,8-9,13H2,1H3. The van der Waals surface area contributed by atoms with Gasteiger partial charge in [-0.3, -0.25) is 4.98 Å². The van der Waals surface area contributed by atoms with Gasteiger partial charge in [0.2, 0.25) is 10.0 Å². The zero-order valence-electron chi connectivity index (χ0n) is 10.5. The molecule has 0 radical (unpaired) electrons. The third-order valence-corrected chi connectivity index (χ3v) is 5.45. The first kappa shape index (κ1) is 13.5. The van der Waals surface area contributed by atoms with Gasteiger partial charge in [0.05, 0.1) is 5.69 Å². The van der Waals surface area contributed by atoms with E-state index in [9.17, 15) is 8.42 Å². The normalized spacial score (nSPS) is 21.3. The molecule has 18 heavy (non-hydrogen) atoms. The highest BCUT2D eigenvalue weighted by Crippen LogP contribution is 2.28. The summed E-state index contributed by atoms with van der Waals surface area (Å²) < 4.78 is 26.8. The average molecular weight is 269 g/mol. The number of rotatable bonds is 4. The van der Waals surface area contributed by atoms with Gasteiger partial charge in [0.25, 0.3) is 0 Å². The largest absolute Gasteiger partial charge is 0.325 e.